The highest BCUT2D eigenvalue weighted by atomic mass is 19.1. The molecule has 1 N–H and O–H groups in total. The van der Waals surface area contributed by atoms with Crippen LogP contribution >= 0.6 is 0 Å². The van der Waals surface area contributed by atoms with Crippen molar-refractivity contribution >= 4 is 0 Å². The summed E-state index contributed by atoms with van der Waals surface area (Å²) in [5.41, 5.74) is 1.52. The summed E-state index contributed by atoms with van der Waals surface area (Å²) < 4.78 is 13.1. The van der Waals surface area contributed by atoms with Gasteiger partial charge in [0.25, 0.3) is 0 Å². The van der Waals surface area contributed by atoms with Crippen LogP contribution in [0.4, 0.5) is 4.39 Å². The SMILES string of the molecule is Cc1cccc(F)c1C[C@@H](C)O. The van der Waals surface area contributed by atoms with Gasteiger partial charge in [-0.25, -0.2) is 4.39 Å². The van der Waals surface area contributed by atoms with Gasteiger partial charge in [0.2, 0.25) is 0 Å². The molecule has 0 saturated heterocycles. The Morgan fingerprint density at radius 1 is 1.50 bits per heavy atom. The Balaban J connectivity index is 2.96. The third kappa shape index (κ3) is 2.05. The van der Waals surface area contributed by atoms with Crippen molar-refractivity contribution in [3.05, 3.63) is 35.1 Å². The molecule has 1 aromatic rings. The monoisotopic (exact) mass is 168 g/mol. The fourth-order valence-electron chi connectivity index (χ4n) is 1.22. The minimum absolute atomic E-state index is 0.226. The van der Waals surface area contributed by atoms with Crippen LogP contribution in [-0.2, 0) is 6.42 Å². The molecule has 0 radical (unpaired) electrons. The van der Waals surface area contributed by atoms with E-state index in [1.165, 1.54) is 6.07 Å². The molecule has 0 bridgehead atoms. The smallest absolute Gasteiger partial charge is 0.126 e. The van der Waals surface area contributed by atoms with Crippen molar-refractivity contribution < 1.29 is 9.50 Å². The second-order valence-corrected chi connectivity index (χ2v) is 3.09. The molecule has 1 aromatic carbocycles. The normalized spacial score (nSPS) is 13.0. The summed E-state index contributed by atoms with van der Waals surface area (Å²) in [4.78, 5) is 0. The first-order chi connectivity index (χ1) is 5.61. The lowest BCUT2D eigenvalue weighted by molar-refractivity contribution is 0.194. The first kappa shape index (κ1) is 9.20. The van der Waals surface area contributed by atoms with Gasteiger partial charge in [0.15, 0.2) is 0 Å². The fraction of sp³-hybridized carbons (Fsp3) is 0.400. The van der Waals surface area contributed by atoms with E-state index in [2.05, 4.69) is 0 Å². The molecule has 0 heterocycles. The third-order valence-electron chi connectivity index (χ3n) is 1.85. The predicted octanol–water partition coefficient (Wildman–Crippen LogP) is 2.06. The summed E-state index contributed by atoms with van der Waals surface area (Å²) in [6, 6.07) is 4.95. The van der Waals surface area contributed by atoms with Crippen LogP contribution in [0, 0.1) is 12.7 Å². The van der Waals surface area contributed by atoms with Gasteiger partial charge >= 0.3 is 0 Å². The Morgan fingerprint density at radius 3 is 2.67 bits per heavy atom. The van der Waals surface area contributed by atoms with Crippen molar-refractivity contribution in [1.82, 2.24) is 0 Å². The molecule has 12 heavy (non-hydrogen) atoms. The summed E-state index contributed by atoms with van der Waals surface area (Å²) in [5.74, 6) is -0.226. The van der Waals surface area contributed by atoms with Crippen molar-refractivity contribution in [3.8, 4) is 0 Å². The average molecular weight is 168 g/mol. The number of hydrogen-bond acceptors (Lipinski definition) is 1. The lowest BCUT2D eigenvalue weighted by atomic mass is 10.0. The number of aliphatic hydroxyl groups excluding tert-OH is 1. The maximum absolute atomic E-state index is 13.1. The highest BCUT2D eigenvalue weighted by Crippen LogP contribution is 2.14. The topological polar surface area (TPSA) is 20.2 Å². The molecule has 0 aliphatic rings. The first-order valence-corrected chi connectivity index (χ1v) is 4.03. The highest BCUT2D eigenvalue weighted by Gasteiger charge is 2.07. The number of hydrogen-bond donors (Lipinski definition) is 1. The standard InChI is InChI=1S/C10H13FO/c1-7-4-3-5-10(11)9(7)6-8(2)12/h3-5,8,12H,6H2,1-2H3/t8-/m1/s1. The molecule has 1 nitrogen and oxygen atoms in total. The summed E-state index contributed by atoms with van der Waals surface area (Å²) in [7, 11) is 0. The molecule has 2 heteroatoms. The van der Waals surface area contributed by atoms with Crippen molar-refractivity contribution in [1.29, 1.82) is 0 Å². The molecule has 1 rings (SSSR count). The number of aryl methyl sites for hydroxylation is 1. The lowest BCUT2D eigenvalue weighted by Crippen LogP contribution is -2.07. The van der Waals surface area contributed by atoms with Crippen LogP contribution in [-0.4, -0.2) is 11.2 Å². The van der Waals surface area contributed by atoms with Gasteiger partial charge in [-0.05, 0) is 31.0 Å². The van der Waals surface area contributed by atoms with E-state index < -0.39 is 6.10 Å². The lowest BCUT2D eigenvalue weighted by Gasteiger charge is -2.08. The average Bonchev–Trinajstić information content (AvgIpc) is 1.97. The van der Waals surface area contributed by atoms with Crippen LogP contribution in [0.2, 0.25) is 0 Å². The van der Waals surface area contributed by atoms with Gasteiger partial charge in [-0.3, -0.25) is 0 Å². The van der Waals surface area contributed by atoms with E-state index in [0.29, 0.717) is 12.0 Å². The van der Waals surface area contributed by atoms with E-state index in [0.717, 1.165) is 5.56 Å². The molecule has 66 valence electrons. The van der Waals surface area contributed by atoms with E-state index in [1.54, 1.807) is 13.0 Å². The molecule has 0 aliphatic heterocycles. The molecule has 0 aliphatic carbocycles. The van der Waals surface area contributed by atoms with Crippen LogP contribution in [0.3, 0.4) is 0 Å². The molecule has 0 saturated carbocycles. The number of aliphatic hydroxyl groups is 1. The van der Waals surface area contributed by atoms with Crippen LogP contribution in [0.25, 0.3) is 0 Å². The predicted molar refractivity (Wildman–Crippen MR) is 46.5 cm³/mol. The molecular formula is C10H13FO. The molecular weight excluding hydrogens is 155 g/mol. The molecule has 0 spiro atoms. The van der Waals surface area contributed by atoms with E-state index in [1.807, 2.05) is 13.0 Å². The van der Waals surface area contributed by atoms with E-state index in [-0.39, 0.29) is 5.82 Å². The molecule has 0 fully saturated rings. The van der Waals surface area contributed by atoms with Crippen LogP contribution < -0.4 is 0 Å². The van der Waals surface area contributed by atoms with Crippen LogP contribution in [0.15, 0.2) is 18.2 Å². The molecule has 0 unspecified atom stereocenters. The van der Waals surface area contributed by atoms with Gasteiger partial charge in [-0.1, -0.05) is 12.1 Å². The molecule has 1 atom stereocenters. The minimum Gasteiger partial charge on any atom is -0.393 e. The highest BCUT2D eigenvalue weighted by molar-refractivity contribution is 5.27. The van der Waals surface area contributed by atoms with Gasteiger partial charge < -0.3 is 5.11 Å². The van der Waals surface area contributed by atoms with Gasteiger partial charge in [0.1, 0.15) is 5.82 Å². The first-order valence-electron chi connectivity index (χ1n) is 4.03. The second kappa shape index (κ2) is 3.68. The Bertz CT molecular complexity index is 248. The van der Waals surface area contributed by atoms with Crippen molar-refractivity contribution in [2.45, 2.75) is 26.4 Å². The van der Waals surface area contributed by atoms with Crippen LogP contribution in [0.5, 0.6) is 0 Å². The van der Waals surface area contributed by atoms with Crippen molar-refractivity contribution in [2.24, 2.45) is 0 Å². The maximum atomic E-state index is 13.1. The summed E-state index contributed by atoms with van der Waals surface area (Å²) in [6.45, 7) is 3.51. The Labute approximate surface area is 71.9 Å². The zero-order valence-electron chi connectivity index (χ0n) is 7.34. The maximum Gasteiger partial charge on any atom is 0.126 e. The Kier molecular flexibility index (Phi) is 2.82. The zero-order chi connectivity index (χ0) is 9.14. The second-order valence-electron chi connectivity index (χ2n) is 3.09. The largest absolute Gasteiger partial charge is 0.393 e. The third-order valence-corrected chi connectivity index (χ3v) is 1.85. The van der Waals surface area contributed by atoms with Gasteiger partial charge in [0.05, 0.1) is 6.10 Å². The Morgan fingerprint density at radius 2 is 2.17 bits per heavy atom. The van der Waals surface area contributed by atoms with Gasteiger partial charge in [-0.15, -0.1) is 0 Å². The quantitative estimate of drug-likeness (QED) is 0.716. The van der Waals surface area contributed by atoms with Gasteiger partial charge in [-0.2, -0.15) is 0 Å². The van der Waals surface area contributed by atoms with Crippen molar-refractivity contribution in [2.75, 3.05) is 0 Å². The van der Waals surface area contributed by atoms with Crippen molar-refractivity contribution in [3.63, 3.8) is 0 Å². The summed E-state index contributed by atoms with van der Waals surface area (Å²) in [6.07, 6.45) is -0.0981. The van der Waals surface area contributed by atoms with E-state index in [4.69, 9.17) is 5.11 Å². The van der Waals surface area contributed by atoms with Gasteiger partial charge in [0, 0.05) is 6.42 Å². The van der Waals surface area contributed by atoms with Crippen LogP contribution in [0.1, 0.15) is 18.1 Å². The number of benzene rings is 1. The molecule has 0 aromatic heterocycles. The molecule has 0 amide bonds. The fourth-order valence-corrected chi connectivity index (χ4v) is 1.22. The number of halogens is 1. The Hall–Kier alpha value is -0.890. The van der Waals surface area contributed by atoms with E-state index in [9.17, 15) is 4.39 Å². The van der Waals surface area contributed by atoms with E-state index >= 15 is 0 Å². The number of rotatable bonds is 2. The summed E-state index contributed by atoms with van der Waals surface area (Å²) in [5, 5.41) is 9.09. The zero-order valence-corrected chi connectivity index (χ0v) is 7.34. The minimum atomic E-state index is -0.486. The summed E-state index contributed by atoms with van der Waals surface area (Å²) >= 11 is 0.